The maximum atomic E-state index is 11.6. The highest BCUT2D eigenvalue weighted by molar-refractivity contribution is 5.81. The quantitative estimate of drug-likeness (QED) is 0.853. The molecule has 1 aromatic heterocycles. The Hall–Kier alpha value is -1.81. The lowest BCUT2D eigenvalue weighted by Gasteiger charge is -2.17. The summed E-state index contributed by atoms with van der Waals surface area (Å²) >= 11 is 0. The average Bonchev–Trinajstić information content (AvgIpc) is 2.35. The molecule has 0 saturated carbocycles. The van der Waals surface area contributed by atoms with Gasteiger partial charge in [0, 0.05) is 17.5 Å². The van der Waals surface area contributed by atoms with Gasteiger partial charge in [0.1, 0.15) is 17.9 Å². The predicted octanol–water partition coefficient (Wildman–Crippen LogP) is 2.90. The van der Waals surface area contributed by atoms with Gasteiger partial charge in [-0.15, -0.1) is 0 Å². The summed E-state index contributed by atoms with van der Waals surface area (Å²) in [5, 5.41) is 10.6. The van der Waals surface area contributed by atoms with E-state index in [0.29, 0.717) is 11.3 Å². The van der Waals surface area contributed by atoms with E-state index in [2.05, 4.69) is 6.92 Å². The first-order valence-corrected chi connectivity index (χ1v) is 6.81. The minimum absolute atomic E-state index is 0.178. The molecule has 0 fully saturated rings. The first-order chi connectivity index (χ1) is 9.39. The number of fused-ring (bicyclic) bond motifs is 1. The van der Waals surface area contributed by atoms with Crippen LogP contribution in [0, 0.1) is 0 Å². The molecular formula is C16H20O4. The standard InChI is InChI=1S/C16H20O4/c1-4-5-11-8-15(17)20-14-9-12(6-7-13(11)14)19-10-16(2,3)18/h6-9,18H,4-5,10H2,1-3H3. The first kappa shape index (κ1) is 14.6. The smallest absolute Gasteiger partial charge is 0.336 e. The van der Waals surface area contributed by atoms with Crippen molar-refractivity contribution in [3.8, 4) is 5.75 Å². The Balaban J connectivity index is 2.36. The fraction of sp³-hybridized carbons (Fsp3) is 0.438. The van der Waals surface area contributed by atoms with Gasteiger partial charge in [-0.05, 0) is 38.0 Å². The fourth-order valence-electron chi connectivity index (χ4n) is 2.04. The Morgan fingerprint density at radius 2 is 2.05 bits per heavy atom. The number of benzene rings is 1. The largest absolute Gasteiger partial charge is 0.490 e. The molecule has 2 aromatic rings. The molecule has 0 unspecified atom stereocenters. The van der Waals surface area contributed by atoms with Gasteiger partial charge in [-0.1, -0.05) is 13.3 Å². The zero-order valence-electron chi connectivity index (χ0n) is 12.1. The molecule has 2 rings (SSSR count). The minimum Gasteiger partial charge on any atom is -0.490 e. The molecule has 0 radical (unpaired) electrons. The third-order valence-electron chi connectivity index (χ3n) is 2.91. The SMILES string of the molecule is CCCc1cc(=O)oc2cc(OCC(C)(C)O)ccc12. The van der Waals surface area contributed by atoms with Crippen molar-refractivity contribution in [2.75, 3.05) is 6.61 Å². The van der Waals surface area contributed by atoms with Crippen LogP contribution in [0.2, 0.25) is 0 Å². The van der Waals surface area contributed by atoms with Crippen LogP contribution >= 0.6 is 0 Å². The summed E-state index contributed by atoms with van der Waals surface area (Å²) in [6.07, 6.45) is 1.81. The van der Waals surface area contributed by atoms with Gasteiger partial charge in [0.2, 0.25) is 0 Å². The van der Waals surface area contributed by atoms with Crippen molar-refractivity contribution in [3.63, 3.8) is 0 Å². The summed E-state index contributed by atoms with van der Waals surface area (Å²) in [6.45, 7) is 5.60. The first-order valence-electron chi connectivity index (χ1n) is 6.81. The van der Waals surface area contributed by atoms with E-state index in [9.17, 15) is 9.90 Å². The van der Waals surface area contributed by atoms with Crippen molar-refractivity contribution < 1.29 is 14.3 Å². The van der Waals surface area contributed by atoms with Crippen LogP contribution in [0.4, 0.5) is 0 Å². The van der Waals surface area contributed by atoms with Crippen LogP contribution in [0.3, 0.4) is 0 Å². The van der Waals surface area contributed by atoms with Crippen LogP contribution in [0.15, 0.2) is 33.5 Å². The van der Waals surface area contributed by atoms with Gasteiger partial charge < -0.3 is 14.3 Å². The number of rotatable bonds is 5. The van der Waals surface area contributed by atoms with Crippen LogP contribution in [0.1, 0.15) is 32.8 Å². The summed E-state index contributed by atoms with van der Waals surface area (Å²) in [5.74, 6) is 0.580. The van der Waals surface area contributed by atoms with E-state index in [1.807, 2.05) is 12.1 Å². The van der Waals surface area contributed by atoms with E-state index in [1.54, 1.807) is 26.0 Å². The lowest BCUT2D eigenvalue weighted by Crippen LogP contribution is -2.27. The van der Waals surface area contributed by atoms with Crippen LogP contribution in [0.5, 0.6) is 5.75 Å². The highest BCUT2D eigenvalue weighted by Crippen LogP contribution is 2.24. The zero-order chi connectivity index (χ0) is 14.8. The molecule has 108 valence electrons. The Morgan fingerprint density at radius 3 is 2.70 bits per heavy atom. The highest BCUT2D eigenvalue weighted by Gasteiger charge is 2.14. The number of hydrogen-bond acceptors (Lipinski definition) is 4. The lowest BCUT2D eigenvalue weighted by molar-refractivity contribution is 0.0285. The molecule has 0 aliphatic heterocycles. The minimum atomic E-state index is -0.903. The number of hydrogen-bond donors (Lipinski definition) is 1. The van der Waals surface area contributed by atoms with E-state index in [-0.39, 0.29) is 12.2 Å². The highest BCUT2D eigenvalue weighted by atomic mass is 16.5. The van der Waals surface area contributed by atoms with Crippen LogP contribution in [-0.2, 0) is 6.42 Å². The van der Waals surface area contributed by atoms with Crippen LogP contribution < -0.4 is 10.4 Å². The second-order valence-electron chi connectivity index (χ2n) is 5.60. The summed E-state index contributed by atoms with van der Waals surface area (Å²) in [7, 11) is 0. The van der Waals surface area contributed by atoms with Gasteiger partial charge in [-0.3, -0.25) is 0 Å². The predicted molar refractivity (Wildman–Crippen MR) is 78.3 cm³/mol. The summed E-state index contributed by atoms with van der Waals surface area (Å²) in [6, 6.07) is 6.96. The second kappa shape index (κ2) is 5.67. The number of aliphatic hydroxyl groups is 1. The molecular weight excluding hydrogens is 256 g/mol. The van der Waals surface area contributed by atoms with Gasteiger partial charge >= 0.3 is 5.63 Å². The molecule has 4 heteroatoms. The van der Waals surface area contributed by atoms with E-state index >= 15 is 0 Å². The molecule has 0 atom stereocenters. The molecule has 0 aliphatic carbocycles. The maximum absolute atomic E-state index is 11.6. The lowest BCUT2D eigenvalue weighted by atomic mass is 10.1. The fourth-order valence-corrected chi connectivity index (χ4v) is 2.04. The van der Waals surface area contributed by atoms with Crippen molar-refractivity contribution in [2.45, 2.75) is 39.2 Å². The maximum Gasteiger partial charge on any atom is 0.336 e. The summed E-state index contributed by atoms with van der Waals surface area (Å²) in [4.78, 5) is 11.6. The zero-order valence-corrected chi connectivity index (χ0v) is 12.1. The Morgan fingerprint density at radius 1 is 1.30 bits per heavy atom. The average molecular weight is 276 g/mol. The van der Waals surface area contributed by atoms with Crippen molar-refractivity contribution in [1.82, 2.24) is 0 Å². The Bertz CT molecular complexity index is 650. The van der Waals surface area contributed by atoms with Crippen LogP contribution in [0.25, 0.3) is 11.0 Å². The molecule has 1 aromatic carbocycles. The van der Waals surface area contributed by atoms with Gasteiger partial charge in [0.15, 0.2) is 0 Å². The van der Waals surface area contributed by atoms with E-state index in [0.717, 1.165) is 23.8 Å². The van der Waals surface area contributed by atoms with Gasteiger partial charge in [-0.25, -0.2) is 4.79 Å². The molecule has 20 heavy (non-hydrogen) atoms. The number of aryl methyl sites for hydroxylation is 1. The third-order valence-corrected chi connectivity index (χ3v) is 2.91. The molecule has 0 saturated heterocycles. The monoisotopic (exact) mass is 276 g/mol. The van der Waals surface area contributed by atoms with E-state index in [1.165, 1.54) is 0 Å². The van der Waals surface area contributed by atoms with Crippen molar-refractivity contribution in [2.24, 2.45) is 0 Å². The van der Waals surface area contributed by atoms with Crippen molar-refractivity contribution in [3.05, 3.63) is 40.2 Å². The molecule has 1 heterocycles. The molecule has 1 N–H and O–H groups in total. The third kappa shape index (κ3) is 3.61. The van der Waals surface area contributed by atoms with Crippen LogP contribution in [-0.4, -0.2) is 17.3 Å². The van der Waals surface area contributed by atoms with Crippen molar-refractivity contribution >= 4 is 11.0 Å². The van der Waals surface area contributed by atoms with Gasteiger partial charge in [0.05, 0.1) is 5.60 Å². The van der Waals surface area contributed by atoms with E-state index < -0.39 is 5.60 Å². The Labute approximate surface area is 118 Å². The van der Waals surface area contributed by atoms with E-state index in [4.69, 9.17) is 9.15 Å². The normalized spacial score (nSPS) is 11.8. The molecule has 0 spiro atoms. The topological polar surface area (TPSA) is 59.7 Å². The molecule has 0 amide bonds. The number of ether oxygens (including phenoxy) is 1. The van der Waals surface area contributed by atoms with Gasteiger partial charge in [0.25, 0.3) is 0 Å². The molecule has 0 aliphatic rings. The second-order valence-corrected chi connectivity index (χ2v) is 5.60. The summed E-state index contributed by atoms with van der Waals surface area (Å²) in [5.41, 5.74) is 0.266. The molecule has 0 bridgehead atoms. The summed E-state index contributed by atoms with van der Waals surface area (Å²) < 4.78 is 10.7. The van der Waals surface area contributed by atoms with Gasteiger partial charge in [-0.2, -0.15) is 0 Å². The molecule has 4 nitrogen and oxygen atoms in total. The van der Waals surface area contributed by atoms with Crippen molar-refractivity contribution in [1.29, 1.82) is 0 Å². The Kier molecular flexibility index (Phi) is 4.14.